The summed E-state index contributed by atoms with van der Waals surface area (Å²) in [6.45, 7) is 6.11. The summed E-state index contributed by atoms with van der Waals surface area (Å²) in [5.74, 6) is 0.00995. The smallest absolute Gasteiger partial charge is 0.323 e. The van der Waals surface area contributed by atoms with Gasteiger partial charge in [0, 0.05) is 12.2 Å². The highest BCUT2D eigenvalue weighted by atomic mass is 16.5. The number of nitrogens with zero attached hydrogens (tertiary/aromatic N) is 1. The van der Waals surface area contributed by atoms with Crippen molar-refractivity contribution in [3.63, 3.8) is 0 Å². The molecule has 0 saturated heterocycles. The number of ether oxygens (including phenoxy) is 1. The molecule has 4 nitrogen and oxygen atoms in total. The maximum atomic E-state index is 11.8. The van der Waals surface area contributed by atoms with Gasteiger partial charge >= 0.3 is 5.97 Å². The lowest BCUT2D eigenvalue weighted by atomic mass is 9.98. The van der Waals surface area contributed by atoms with Crippen molar-refractivity contribution < 1.29 is 9.53 Å². The van der Waals surface area contributed by atoms with Gasteiger partial charge in [-0.3, -0.25) is 15.1 Å². The molecule has 0 saturated carbocycles. The van der Waals surface area contributed by atoms with E-state index in [0.717, 1.165) is 12.1 Å². The van der Waals surface area contributed by atoms with E-state index in [0.29, 0.717) is 0 Å². The third kappa shape index (κ3) is 3.81. The molecule has 1 heterocycles. The zero-order chi connectivity index (χ0) is 13.5. The van der Waals surface area contributed by atoms with Gasteiger partial charge in [0.2, 0.25) is 0 Å². The molecule has 3 atom stereocenters. The van der Waals surface area contributed by atoms with E-state index in [9.17, 15) is 4.79 Å². The van der Waals surface area contributed by atoms with E-state index >= 15 is 0 Å². The molecule has 0 aliphatic carbocycles. The molecule has 1 aromatic heterocycles. The Morgan fingerprint density at radius 3 is 2.67 bits per heavy atom. The Kier molecular flexibility index (Phi) is 5.78. The van der Waals surface area contributed by atoms with E-state index < -0.39 is 0 Å². The van der Waals surface area contributed by atoms with Crippen LogP contribution in [0.25, 0.3) is 0 Å². The first-order valence-corrected chi connectivity index (χ1v) is 6.35. The monoisotopic (exact) mass is 250 g/mol. The van der Waals surface area contributed by atoms with Crippen molar-refractivity contribution >= 4 is 5.97 Å². The Hall–Kier alpha value is -1.42. The number of pyridine rings is 1. The van der Waals surface area contributed by atoms with Gasteiger partial charge in [-0.05, 0) is 25.0 Å². The van der Waals surface area contributed by atoms with Crippen LogP contribution in [0.2, 0.25) is 0 Å². The standard InChI is InChI=1S/C14H22N2O2/c1-5-10(2)13(14(17)18-4)16-11(3)12-8-6-7-9-15-12/h6-11,13,16H,5H2,1-4H3. The molecule has 4 heteroatoms. The predicted octanol–water partition coefficient (Wildman–Crippen LogP) is 2.32. The third-order valence-electron chi connectivity index (χ3n) is 3.23. The molecule has 0 aliphatic heterocycles. The van der Waals surface area contributed by atoms with Crippen molar-refractivity contribution in [2.24, 2.45) is 5.92 Å². The SMILES string of the molecule is CCC(C)C(NC(C)c1ccccn1)C(=O)OC. The number of esters is 1. The van der Waals surface area contributed by atoms with Gasteiger partial charge < -0.3 is 4.74 Å². The highest BCUT2D eigenvalue weighted by molar-refractivity contribution is 5.76. The summed E-state index contributed by atoms with van der Waals surface area (Å²) in [5, 5.41) is 3.30. The summed E-state index contributed by atoms with van der Waals surface area (Å²) in [4.78, 5) is 16.1. The van der Waals surface area contributed by atoms with Crippen molar-refractivity contribution in [3.05, 3.63) is 30.1 Å². The van der Waals surface area contributed by atoms with E-state index in [1.54, 1.807) is 6.20 Å². The van der Waals surface area contributed by atoms with Crippen LogP contribution in [0.3, 0.4) is 0 Å². The summed E-state index contributed by atoms with van der Waals surface area (Å²) in [7, 11) is 1.42. The number of aromatic nitrogens is 1. The third-order valence-corrected chi connectivity index (χ3v) is 3.23. The fourth-order valence-corrected chi connectivity index (χ4v) is 1.81. The summed E-state index contributed by atoms with van der Waals surface area (Å²) in [6.07, 6.45) is 2.67. The summed E-state index contributed by atoms with van der Waals surface area (Å²) in [5.41, 5.74) is 0.926. The minimum Gasteiger partial charge on any atom is -0.468 e. The first-order valence-electron chi connectivity index (χ1n) is 6.35. The summed E-state index contributed by atoms with van der Waals surface area (Å²) >= 11 is 0. The molecule has 1 N–H and O–H groups in total. The topological polar surface area (TPSA) is 51.2 Å². The minimum atomic E-state index is -0.294. The van der Waals surface area contributed by atoms with Crippen molar-refractivity contribution in [3.8, 4) is 0 Å². The molecule has 18 heavy (non-hydrogen) atoms. The largest absolute Gasteiger partial charge is 0.468 e. The average Bonchev–Trinajstić information content (AvgIpc) is 2.43. The zero-order valence-electron chi connectivity index (χ0n) is 11.5. The molecular formula is C14H22N2O2. The number of hydrogen-bond donors (Lipinski definition) is 1. The molecule has 1 rings (SSSR count). The molecule has 100 valence electrons. The van der Waals surface area contributed by atoms with Crippen LogP contribution in [0, 0.1) is 5.92 Å². The molecule has 0 bridgehead atoms. The molecule has 1 aromatic rings. The van der Waals surface area contributed by atoms with Gasteiger partial charge in [0.1, 0.15) is 6.04 Å². The summed E-state index contributed by atoms with van der Waals surface area (Å²) < 4.78 is 4.85. The zero-order valence-corrected chi connectivity index (χ0v) is 11.5. The minimum absolute atomic E-state index is 0.0179. The first kappa shape index (κ1) is 14.6. The number of rotatable bonds is 6. The van der Waals surface area contributed by atoms with Gasteiger partial charge in [-0.25, -0.2) is 0 Å². The van der Waals surface area contributed by atoms with E-state index in [1.807, 2.05) is 32.0 Å². The second-order valence-electron chi connectivity index (χ2n) is 4.53. The van der Waals surface area contributed by atoms with Crippen LogP contribution < -0.4 is 5.32 Å². The van der Waals surface area contributed by atoms with Gasteiger partial charge in [-0.2, -0.15) is 0 Å². The average molecular weight is 250 g/mol. The Bertz CT molecular complexity index is 367. The van der Waals surface area contributed by atoms with E-state index in [1.165, 1.54) is 7.11 Å². The van der Waals surface area contributed by atoms with Crippen LogP contribution in [0.5, 0.6) is 0 Å². The molecule has 0 aromatic carbocycles. The van der Waals surface area contributed by atoms with Gasteiger partial charge in [-0.15, -0.1) is 0 Å². The highest BCUT2D eigenvalue weighted by Gasteiger charge is 2.26. The Labute approximate surface area is 109 Å². The van der Waals surface area contributed by atoms with E-state index in [2.05, 4.69) is 17.2 Å². The highest BCUT2D eigenvalue weighted by Crippen LogP contribution is 2.15. The molecule has 0 spiro atoms. The Morgan fingerprint density at radius 2 is 2.17 bits per heavy atom. The molecule has 0 amide bonds. The Balaban J connectivity index is 2.74. The van der Waals surface area contributed by atoms with Crippen molar-refractivity contribution in [2.75, 3.05) is 7.11 Å². The fourth-order valence-electron chi connectivity index (χ4n) is 1.81. The van der Waals surface area contributed by atoms with Crippen LogP contribution in [-0.2, 0) is 9.53 Å². The van der Waals surface area contributed by atoms with Gasteiger partial charge in [0.05, 0.1) is 12.8 Å². The lowest BCUT2D eigenvalue weighted by molar-refractivity contribution is -0.144. The van der Waals surface area contributed by atoms with E-state index in [-0.39, 0.29) is 24.0 Å². The van der Waals surface area contributed by atoms with Crippen LogP contribution in [0.1, 0.15) is 38.9 Å². The first-order chi connectivity index (χ1) is 8.60. The maximum Gasteiger partial charge on any atom is 0.323 e. The molecular weight excluding hydrogens is 228 g/mol. The normalized spacial score (nSPS) is 15.8. The Morgan fingerprint density at radius 1 is 1.44 bits per heavy atom. The molecule has 0 aliphatic rings. The predicted molar refractivity (Wildman–Crippen MR) is 71.0 cm³/mol. The number of nitrogens with one attached hydrogen (secondary N) is 1. The van der Waals surface area contributed by atoms with Crippen LogP contribution in [0.15, 0.2) is 24.4 Å². The van der Waals surface area contributed by atoms with E-state index in [4.69, 9.17) is 4.74 Å². The molecule has 0 radical (unpaired) electrons. The van der Waals surface area contributed by atoms with Gasteiger partial charge in [0.15, 0.2) is 0 Å². The van der Waals surface area contributed by atoms with Crippen LogP contribution >= 0.6 is 0 Å². The number of carbonyl (C=O) groups excluding carboxylic acids is 1. The lowest BCUT2D eigenvalue weighted by Crippen LogP contribution is -2.43. The van der Waals surface area contributed by atoms with Crippen LogP contribution in [0.4, 0.5) is 0 Å². The summed E-state index contributed by atoms with van der Waals surface area (Å²) in [6, 6.07) is 5.49. The second kappa shape index (κ2) is 7.11. The number of methoxy groups -OCH3 is 1. The number of hydrogen-bond acceptors (Lipinski definition) is 4. The quantitative estimate of drug-likeness (QED) is 0.787. The van der Waals surface area contributed by atoms with Crippen LogP contribution in [-0.4, -0.2) is 24.1 Å². The van der Waals surface area contributed by atoms with Crippen molar-refractivity contribution in [1.82, 2.24) is 10.3 Å². The van der Waals surface area contributed by atoms with Gasteiger partial charge in [0.25, 0.3) is 0 Å². The fraction of sp³-hybridized carbons (Fsp3) is 0.571. The number of carbonyl (C=O) groups is 1. The van der Waals surface area contributed by atoms with Crippen molar-refractivity contribution in [2.45, 2.75) is 39.3 Å². The van der Waals surface area contributed by atoms with Gasteiger partial charge in [-0.1, -0.05) is 26.3 Å². The molecule has 0 fully saturated rings. The molecule has 3 unspecified atom stereocenters. The second-order valence-corrected chi connectivity index (χ2v) is 4.53. The van der Waals surface area contributed by atoms with Crippen molar-refractivity contribution in [1.29, 1.82) is 0 Å². The maximum absolute atomic E-state index is 11.8. The lowest BCUT2D eigenvalue weighted by Gasteiger charge is -2.25.